The lowest BCUT2D eigenvalue weighted by atomic mass is 9.97. The van der Waals surface area contributed by atoms with Crippen LogP contribution in [0, 0.1) is 5.92 Å². The van der Waals surface area contributed by atoms with E-state index in [4.69, 9.17) is 0 Å². The molecule has 0 heterocycles. The van der Waals surface area contributed by atoms with Crippen LogP contribution in [-0.4, -0.2) is 5.97 Å². The van der Waals surface area contributed by atoms with Gasteiger partial charge < -0.3 is 9.90 Å². The molecule has 0 fully saturated rings. The highest BCUT2D eigenvalue weighted by molar-refractivity contribution is 5.73. The van der Waals surface area contributed by atoms with Gasteiger partial charge in [0.1, 0.15) is 0 Å². The minimum absolute atomic E-state index is 0.530. The largest absolute Gasteiger partial charge is 0.550 e. The number of rotatable bonds is 4. The van der Waals surface area contributed by atoms with E-state index in [1.807, 2.05) is 24.3 Å². The van der Waals surface area contributed by atoms with Gasteiger partial charge in [0.25, 0.3) is 0 Å². The van der Waals surface area contributed by atoms with Crippen molar-refractivity contribution < 1.29 is 9.90 Å². The predicted molar refractivity (Wildman–Crippen MR) is 58.4 cm³/mol. The first-order chi connectivity index (χ1) is 7.00. The lowest BCUT2D eigenvalue weighted by Gasteiger charge is -2.13. The van der Waals surface area contributed by atoms with Gasteiger partial charge in [-0.15, -0.1) is 0 Å². The molecule has 0 unspecified atom stereocenters. The van der Waals surface area contributed by atoms with Gasteiger partial charge in [0.05, 0.1) is 0 Å². The minimum atomic E-state index is -1.02. The van der Waals surface area contributed by atoms with Crippen LogP contribution >= 0.6 is 0 Å². The number of aliphatic carboxylic acids is 1. The molecule has 0 aromatic heterocycles. The first-order valence-electron chi connectivity index (χ1n) is 5.30. The van der Waals surface area contributed by atoms with Crippen molar-refractivity contribution in [1.82, 2.24) is 0 Å². The molecule has 0 aliphatic rings. The topological polar surface area (TPSA) is 40.1 Å². The lowest BCUT2D eigenvalue weighted by Crippen LogP contribution is -2.27. The second-order valence-electron chi connectivity index (χ2n) is 4.38. The zero-order valence-corrected chi connectivity index (χ0v) is 9.49. The summed E-state index contributed by atoms with van der Waals surface area (Å²) in [6.07, 6.45) is 1.03. The zero-order chi connectivity index (χ0) is 11.4. The maximum Gasteiger partial charge on any atom is 0.0486 e. The summed E-state index contributed by atoms with van der Waals surface area (Å²) in [5, 5.41) is 10.7. The standard InChI is InChI=1S/C13H18O2/c1-9(2)8-11-4-6-12(7-5-11)10(3)13(14)15/h4-7,9-10H,8H2,1-3H3,(H,14,15)/p-1/t10-/m0/s1. The third kappa shape index (κ3) is 3.39. The molecule has 2 heteroatoms. The summed E-state index contributed by atoms with van der Waals surface area (Å²) in [7, 11) is 0. The first kappa shape index (κ1) is 11.8. The molecule has 0 bridgehead atoms. The van der Waals surface area contributed by atoms with Crippen LogP contribution in [0.5, 0.6) is 0 Å². The van der Waals surface area contributed by atoms with Gasteiger partial charge in [0.2, 0.25) is 0 Å². The van der Waals surface area contributed by atoms with Crippen molar-refractivity contribution in [1.29, 1.82) is 0 Å². The Labute approximate surface area is 90.9 Å². The Balaban J connectivity index is 2.76. The molecule has 2 nitrogen and oxygen atoms in total. The fourth-order valence-electron chi connectivity index (χ4n) is 1.55. The van der Waals surface area contributed by atoms with Crippen molar-refractivity contribution in [3.63, 3.8) is 0 Å². The predicted octanol–water partition coefficient (Wildman–Crippen LogP) is 1.74. The molecule has 0 radical (unpaired) electrons. The highest BCUT2D eigenvalue weighted by Crippen LogP contribution is 2.16. The molecular weight excluding hydrogens is 188 g/mol. The lowest BCUT2D eigenvalue weighted by molar-refractivity contribution is -0.307. The maximum absolute atomic E-state index is 10.7. The van der Waals surface area contributed by atoms with Gasteiger partial charge in [-0.1, -0.05) is 45.0 Å². The molecule has 0 aliphatic heterocycles. The Kier molecular flexibility index (Phi) is 3.89. The van der Waals surface area contributed by atoms with Crippen LogP contribution < -0.4 is 5.11 Å². The molecule has 1 aromatic carbocycles. The molecule has 0 aliphatic carbocycles. The smallest absolute Gasteiger partial charge is 0.0486 e. The van der Waals surface area contributed by atoms with Gasteiger partial charge in [-0.2, -0.15) is 0 Å². The van der Waals surface area contributed by atoms with Crippen LogP contribution in [0.25, 0.3) is 0 Å². The van der Waals surface area contributed by atoms with Gasteiger partial charge in [0.15, 0.2) is 0 Å². The molecule has 1 aromatic rings. The minimum Gasteiger partial charge on any atom is -0.550 e. The van der Waals surface area contributed by atoms with E-state index in [0.717, 1.165) is 12.0 Å². The third-order valence-corrected chi connectivity index (χ3v) is 2.48. The Morgan fingerprint density at radius 3 is 2.13 bits per heavy atom. The van der Waals surface area contributed by atoms with E-state index in [-0.39, 0.29) is 0 Å². The number of carbonyl (C=O) groups is 1. The van der Waals surface area contributed by atoms with Crippen molar-refractivity contribution in [2.45, 2.75) is 33.1 Å². The highest BCUT2D eigenvalue weighted by Gasteiger charge is 2.06. The van der Waals surface area contributed by atoms with Crippen LogP contribution in [0.2, 0.25) is 0 Å². The number of carbonyl (C=O) groups excluding carboxylic acids is 1. The normalized spacial score (nSPS) is 12.8. The summed E-state index contributed by atoms with van der Waals surface area (Å²) in [6, 6.07) is 7.74. The Morgan fingerprint density at radius 1 is 1.20 bits per heavy atom. The number of benzene rings is 1. The summed E-state index contributed by atoms with van der Waals surface area (Å²) in [6.45, 7) is 5.97. The Morgan fingerprint density at radius 2 is 1.73 bits per heavy atom. The summed E-state index contributed by atoms with van der Waals surface area (Å²) in [5.74, 6) is -0.931. The SMILES string of the molecule is CC(C)Cc1ccc([C@H](C)C(=O)[O-])cc1. The van der Waals surface area contributed by atoms with E-state index in [9.17, 15) is 9.90 Å². The van der Waals surface area contributed by atoms with Crippen LogP contribution in [0.4, 0.5) is 0 Å². The summed E-state index contributed by atoms with van der Waals surface area (Å²) < 4.78 is 0. The molecule has 15 heavy (non-hydrogen) atoms. The number of hydrogen-bond donors (Lipinski definition) is 0. The molecule has 0 amide bonds. The molecule has 82 valence electrons. The number of hydrogen-bond acceptors (Lipinski definition) is 2. The average molecular weight is 205 g/mol. The molecule has 0 spiro atoms. The number of carboxylic acid groups (broad SMARTS) is 1. The highest BCUT2D eigenvalue weighted by atomic mass is 16.4. The van der Waals surface area contributed by atoms with Crippen molar-refractivity contribution in [2.75, 3.05) is 0 Å². The molecule has 0 saturated heterocycles. The molecule has 1 rings (SSSR count). The number of carboxylic acids is 1. The Bertz CT molecular complexity index is 325. The quantitative estimate of drug-likeness (QED) is 0.751. The van der Waals surface area contributed by atoms with Gasteiger partial charge in [-0.25, -0.2) is 0 Å². The van der Waals surface area contributed by atoms with E-state index in [1.165, 1.54) is 5.56 Å². The van der Waals surface area contributed by atoms with Crippen molar-refractivity contribution >= 4 is 5.97 Å². The molecule has 1 atom stereocenters. The first-order valence-corrected chi connectivity index (χ1v) is 5.30. The molecular formula is C13H17O2-. The molecule has 0 saturated carbocycles. The van der Waals surface area contributed by atoms with Crippen molar-refractivity contribution in [2.24, 2.45) is 5.92 Å². The third-order valence-electron chi connectivity index (χ3n) is 2.48. The fraction of sp³-hybridized carbons (Fsp3) is 0.462. The van der Waals surface area contributed by atoms with Crippen LogP contribution in [0.3, 0.4) is 0 Å². The molecule has 0 N–H and O–H groups in total. The van der Waals surface area contributed by atoms with Crippen LogP contribution in [-0.2, 0) is 11.2 Å². The Hall–Kier alpha value is -1.31. The van der Waals surface area contributed by atoms with E-state index in [2.05, 4.69) is 13.8 Å². The second-order valence-corrected chi connectivity index (χ2v) is 4.38. The second kappa shape index (κ2) is 4.96. The van der Waals surface area contributed by atoms with E-state index < -0.39 is 11.9 Å². The summed E-state index contributed by atoms with van der Waals surface area (Å²) in [5.41, 5.74) is 2.06. The summed E-state index contributed by atoms with van der Waals surface area (Å²) in [4.78, 5) is 10.7. The van der Waals surface area contributed by atoms with Gasteiger partial charge >= 0.3 is 0 Å². The maximum atomic E-state index is 10.7. The average Bonchev–Trinajstić information content (AvgIpc) is 2.17. The van der Waals surface area contributed by atoms with Crippen molar-refractivity contribution in [3.8, 4) is 0 Å². The van der Waals surface area contributed by atoms with Gasteiger partial charge in [-0.3, -0.25) is 0 Å². The van der Waals surface area contributed by atoms with E-state index in [1.54, 1.807) is 6.92 Å². The van der Waals surface area contributed by atoms with Gasteiger partial charge in [0, 0.05) is 11.9 Å². The van der Waals surface area contributed by atoms with E-state index in [0.29, 0.717) is 5.92 Å². The van der Waals surface area contributed by atoms with Gasteiger partial charge in [-0.05, 0) is 23.5 Å². The fourth-order valence-corrected chi connectivity index (χ4v) is 1.55. The van der Waals surface area contributed by atoms with Crippen LogP contribution in [0.15, 0.2) is 24.3 Å². The van der Waals surface area contributed by atoms with E-state index >= 15 is 0 Å². The zero-order valence-electron chi connectivity index (χ0n) is 9.49. The van der Waals surface area contributed by atoms with Crippen LogP contribution in [0.1, 0.15) is 37.8 Å². The van der Waals surface area contributed by atoms with Crippen molar-refractivity contribution in [3.05, 3.63) is 35.4 Å². The monoisotopic (exact) mass is 205 g/mol. The summed E-state index contributed by atoms with van der Waals surface area (Å²) >= 11 is 0.